The molecule has 6 heteroatoms. The lowest BCUT2D eigenvalue weighted by molar-refractivity contribution is -0.136. The third kappa shape index (κ3) is 1.62. The highest BCUT2D eigenvalue weighted by Gasteiger charge is 2.37. The second-order valence-corrected chi connectivity index (χ2v) is 4.05. The summed E-state index contributed by atoms with van der Waals surface area (Å²) in [6.07, 6.45) is 0. The van der Waals surface area contributed by atoms with Crippen molar-refractivity contribution in [3.63, 3.8) is 0 Å². The number of nitrogens with one attached hydrogen (secondary N) is 2. The Morgan fingerprint density at radius 1 is 1.33 bits per heavy atom. The molecular weight excluding hydrogens is 239 g/mol. The van der Waals surface area contributed by atoms with Crippen molar-refractivity contribution in [2.45, 2.75) is 6.04 Å². The zero-order chi connectivity index (χ0) is 12.7. The van der Waals surface area contributed by atoms with Crippen LogP contribution in [0, 0.1) is 5.82 Å². The van der Waals surface area contributed by atoms with Crippen LogP contribution in [0.15, 0.2) is 35.5 Å². The van der Waals surface area contributed by atoms with Crippen LogP contribution >= 0.6 is 0 Å². The average molecular weight is 248 g/mol. The number of esters is 1. The first-order valence-corrected chi connectivity index (χ1v) is 5.38. The van der Waals surface area contributed by atoms with Gasteiger partial charge < -0.3 is 15.4 Å². The maximum atomic E-state index is 13.2. The van der Waals surface area contributed by atoms with E-state index in [1.807, 2.05) is 0 Å². The maximum Gasteiger partial charge on any atom is 0.338 e. The number of halogens is 1. The molecule has 0 saturated heterocycles. The Morgan fingerprint density at radius 3 is 2.94 bits per heavy atom. The summed E-state index contributed by atoms with van der Waals surface area (Å²) in [4.78, 5) is 23.1. The molecule has 2 heterocycles. The van der Waals surface area contributed by atoms with Gasteiger partial charge in [-0.05, 0) is 17.7 Å². The number of rotatable bonds is 1. The normalized spacial score (nSPS) is 22.2. The van der Waals surface area contributed by atoms with E-state index < -0.39 is 23.9 Å². The molecule has 1 aromatic rings. The van der Waals surface area contributed by atoms with Crippen LogP contribution in [0.3, 0.4) is 0 Å². The fourth-order valence-corrected chi connectivity index (χ4v) is 2.12. The second-order valence-electron chi connectivity index (χ2n) is 4.05. The quantitative estimate of drug-likeness (QED) is 0.728. The van der Waals surface area contributed by atoms with Crippen LogP contribution in [-0.4, -0.2) is 18.6 Å². The molecule has 0 aromatic heterocycles. The molecule has 0 spiro atoms. The number of benzene rings is 1. The van der Waals surface area contributed by atoms with Crippen molar-refractivity contribution in [3.8, 4) is 0 Å². The van der Waals surface area contributed by atoms with E-state index in [4.69, 9.17) is 4.74 Å². The van der Waals surface area contributed by atoms with Gasteiger partial charge in [0, 0.05) is 0 Å². The summed E-state index contributed by atoms with van der Waals surface area (Å²) in [5.41, 5.74) is 1.29. The van der Waals surface area contributed by atoms with E-state index in [1.54, 1.807) is 6.07 Å². The predicted octanol–water partition coefficient (Wildman–Crippen LogP) is 0.990. The number of urea groups is 1. The van der Waals surface area contributed by atoms with Crippen LogP contribution in [0.2, 0.25) is 0 Å². The SMILES string of the molecule is O=C1NC2=C(C(=O)OC2)C(c2cccc(F)c2)N1. The average Bonchev–Trinajstić information content (AvgIpc) is 2.70. The molecule has 1 unspecified atom stereocenters. The first kappa shape index (κ1) is 10.8. The highest BCUT2D eigenvalue weighted by molar-refractivity contribution is 5.97. The highest BCUT2D eigenvalue weighted by atomic mass is 19.1. The molecule has 2 amide bonds. The van der Waals surface area contributed by atoms with Gasteiger partial charge in [-0.3, -0.25) is 0 Å². The van der Waals surface area contributed by atoms with Crippen LogP contribution in [-0.2, 0) is 9.53 Å². The lowest BCUT2D eigenvalue weighted by Crippen LogP contribution is -2.44. The van der Waals surface area contributed by atoms with E-state index >= 15 is 0 Å². The van der Waals surface area contributed by atoms with E-state index in [0.717, 1.165) is 0 Å². The monoisotopic (exact) mass is 248 g/mol. The first-order valence-electron chi connectivity index (χ1n) is 5.38. The third-order valence-corrected chi connectivity index (χ3v) is 2.90. The lowest BCUT2D eigenvalue weighted by atomic mass is 9.96. The second kappa shape index (κ2) is 3.83. The van der Waals surface area contributed by atoms with Crippen LogP contribution in [0.5, 0.6) is 0 Å². The minimum absolute atomic E-state index is 0.0490. The van der Waals surface area contributed by atoms with Crippen molar-refractivity contribution in [1.29, 1.82) is 0 Å². The Morgan fingerprint density at radius 2 is 2.17 bits per heavy atom. The van der Waals surface area contributed by atoms with Crippen molar-refractivity contribution in [2.24, 2.45) is 0 Å². The minimum Gasteiger partial charge on any atom is -0.456 e. The predicted molar refractivity (Wildman–Crippen MR) is 58.8 cm³/mol. The van der Waals surface area contributed by atoms with Gasteiger partial charge in [0.15, 0.2) is 0 Å². The summed E-state index contributed by atoms with van der Waals surface area (Å²) in [6, 6.07) is 4.66. The molecule has 0 aliphatic carbocycles. The van der Waals surface area contributed by atoms with E-state index in [-0.39, 0.29) is 6.61 Å². The number of amides is 2. The van der Waals surface area contributed by atoms with Crippen molar-refractivity contribution in [3.05, 3.63) is 46.9 Å². The molecule has 18 heavy (non-hydrogen) atoms. The molecule has 0 radical (unpaired) electrons. The lowest BCUT2D eigenvalue weighted by Gasteiger charge is -2.24. The van der Waals surface area contributed by atoms with Crippen LogP contribution in [0.25, 0.3) is 0 Å². The van der Waals surface area contributed by atoms with Crippen molar-refractivity contribution in [1.82, 2.24) is 10.6 Å². The number of carbonyl (C=O) groups excluding carboxylic acids is 2. The molecule has 92 valence electrons. The number of ether oxygens (including phenoxy) is 1. The largest absolute Gasteiger partial charge is 0.456 e. The van der Waals surface area contributed by atoms with Crippen LogP contribution in [0.1, 0.15) is 11.6 Å². The van der Waals surface area contributed by atoms with Gasteiger partial charge in [-0.2, -0.15) is 0 Å². The molecule has 2 aliphatic heterocycles. The van der Waals surface area contributed by atoms with E-state index in [2.05, 4.69) is 10.6 Å². The summed E-state index contributed by atoms with van der Waals surface area (Å²) in [7, 11) is 0. The van der Waals surface area contributed by atoms with Gasteiger partial charge in [-0.15, -0.1) is 0 Å². The molecule has 2 N–H and O–H groups in total. The first-order chi connectivity index (χ1) is 8.65. The molecule has 1 aromatic carbocycles. The zero-order valence-corrected chi connectivity index (χ0v) is 9.20. The van der Waals surface area contributed by atoms with Crippen molar-refractivity contribution >= 4 is 12.0 Å². The number of hydrogen-bond donors (Lipinski definition) is 2. The van der Waals surface area contributed by atoms with Gasteiger partial charge in [-0.25, -0.2) is 14.0 Å². The van der Waals surface area contributed by atoms with Crippen LogP contribution in [0.4, 0.5) is 9.18 Å². The van der Waals surface area contributed by atoms with Gasteiger partial charge >= 0.3 is 12.0 Å². The number of cyclic esters (lactones) is 1. The topological polar surface area (TPSA) is 67.4 Å². The third-order valence-electron chi connectivity index (χ3n) is 2.90. The Hall–Kier alpha value is -2.37. The molecule has 3 rings (SSSR count). The molecule has 2 aliphatic rings. The summed E-state index contributed by atoms with van der Waals surface area (Å²) < 4.78 is 18.1. The summed E-state index contributed by atoms with van der Waals surface area (Å²) in [5.74, 6) is -0.916. The van der Waals surface area contributed by atoms with E-state index in [1.165, 1.54) is 18.2 Å². The summed E-state index contributed by atoms with van der Waals surface area (Å²) in [5, 5.41) is 5.10. The van der Waals surface area contributed by atoms with Crippen molar-refractivity contribution in [2.75, 3.05) is 6.61 Å². The Balaban J connectivity index is 2.07. The van der Waals surface area contributed by atoms with Gasteiger partial charge in [-0.1, -0.05) is 12.1 Å². The van der Waals surface area contributed by atoms with Crippen LogP contribution < -0.4 is 10.6 Å². The molecule has 5 nitrogen and oxygen atoms in total. The molecule has 0 fully saturated rings. The van der Waals surface area contributed by atoms with Gasteiger partial charge in [0.25, 0.3) is 0 Å². The van der Waals surface area contributed by atoms with Gasteiger partial charge in [0.05, 0.1) is 17.3 Å². The van der Waals surface area contributed by atoms with Gasteiger partial charge in [0.2, 0.25) is 0 Å². The molecule has 0 bridgehead atoms. The van der Waals surface area contributed by atoms with E-state index in [0.29, 0.717) is 16.8 Å². The number of carbonyl (C=O) groups is 2. The standard InChI is InChI=1S/C12H9FN2O3/c13-7-3-1-2-6(4-7)10-9-8(5-18-11(9)16)14-12(17)15-10/h1-4,10H,5H2,(H2,14,15,17). The molecular formula is C12H9FN2O3. The maximum absolute atomic E-state index is 13.2. The molecule has 1 atom stereocenters. The molecule has 0 saturated carbocycles. The Labute approximate surface area is 102 Å². The smallest absolute Gasteiger partial charge is 0.338 e. The van der Waals surface area contributed by atoms with E-state index in [9.17, 15) is 14.0 Å². The zero-order valence-electron chi connectivity index (χ0n) is 9.20. The minimum atomic E-state index is -0.667. The summed E-state index contributed by atoms with van der Waals surface area (Å²) in [6.45, 7) is 0.0490. The fourth-order valence-electron chi connectivity index (χ4n) is 2.12. The van der Waals surface area contributed by atoms with Gasteiger partial charge in [0.1, 0.15) is 12.4 Å². The highest BCUT2D eigenvalue weighted by Crippen LogP contribution is 2.31. The Bertz CT molecular complexity index is 582. The summed E-state index contributed by atoms with van der Waals surface area (Å²) >= 11 is 0. The van der Waals surface area contributed by atoms with Crippen molar-refractivity contribution < 1.29 is 18.7 Å². The Kier molecular flexibility index (Phi) is 2.29. The number of hydrogen-bond acceptors (Lipinski definition) is 3. The fraction of sp³-hybridized carbons (Fsp3) is 0.167.